The molecule has 0 aromatic rings. The minimum Gasteiger partial charge on any atom is -0.480 e. The predicted molar refractivity (Wildman–Crippen MR) is 70.9 cm³/mol. The van der Waals surface area contributed by atoms with E-state index in [4.69, 9.17) is 9.84 Å². The first-order chi connectivity index (χ1) is 8.91. The summed E-state index contributed by atoms with van der Waals surface area (Å²) in [5.41, 5.74) is -0.567. The van der Waals surface area contributed by atoms with Crippen LogP contribution in [0.2, 0.25) is 0 Å². The third-order valence-electron chi connectivity index (χ3n) is 2.83. The minimum atomic E-state index is -1.01. The molecule has 0 radical (unpaired) electrons. The second-order valence-corrected chi connectivity index (χ2v) is 4.75. The molecule has 106 valence electrons. The molecule has 0 spiro atoms. The van der Waals surface area contributed by atoms with Crippen LogP contribution in [0.3, 0.4) is 0 Å². The van der Waals surface area contributed by atoms with Crippen LogP contribution in [0, 0.1) is 0 Å². The molecule has 1 heterocycles. The van der Waals surface area contributed by atoms with Crippen LogP contribution in [0.4, 0.5) is 4.79 Å². The largest absolute Gasteiger partial charge is 0.480 e. The lowest BCUT2D eigenvalue weighted by molar-refractivity contribution is -0.160. The normalized spacial score (nSPS) is 16.4. The highest BCUT2D eigenvalue weighted by atomic mass is 16.5. The van der Waals surface area contributed by atoms with Gasteiger partial charge in [-0.15, -0.1) is 13.2 Å². The van der Waals surface area contributed by atoms with Gasteiger partial charge >= 0.3 is 12.0 Å². The third-order valence-corrected chi connectivity index (χ3v) is 2.83. The lowest BCUT2D eigenvalue weighted by Crippen LogP contribution is -2.65. The molecule has 0 saturated carbocycles. The number of urea groups is 1. The Morgan fingerprint density at radius 2 is 1.89 bits per heavy atom. The van der Waals surface area contributed by atoms with Crippen molar-refractivity contribution in [1.82, 2.24) is 9.80 Å². The molecule has 0 unspecified atom stereocenters. The van der Waals surface area contributed by atoms with Crippen molar-refractivity contribution in [2.24, 2.45) is 0 Å². The molecule has 1 aliphatic heterocycles. The van der Waals surface area contributed by atoms with Gasteiger partial charge in [0.1, 0.15) is 12.2 Å². The summed E-state index contributed by atoms with van der Waals surface area (Å²) in [6, 6.07) is -0.115. The number of nitrogens with zero attached hydrogens (tertiary/aromatic N) is 2. The van der Waals surface area contributed by atoms with Crippen molar-refractivity contribution < 1.29 is 19.4 Å². The minimum absolute atomic E-state index is 0.115. The van der Waals surface area contributed by atoms with Gasteiger partial charge in [-0.05, 0) is 6.92 Å². The van der Waals surface area contributed by atoms with Crippen LogP contribution in [-0.2, 0) is 9.53 Å². The molecule has 6 nitrogen and oxygen atoms in total. The topological polar surface area (TPSA) is 70.1 Å². The lowest BCUT2D eigenvalue weighted by Gasteiger charge is -2.48. The van der Waals surface area contributed by atoms with Crippen molar-refractivity contribution in [3.63, 3.8) is 0 Å². The summed E-state index contributed by atoms with van der Waals surface area (Å²) in [5, 5.41) is 8.56. The van der Waals surface area contributed by atoms with E-state index in [1.54, 1.807) is 28.9 Å². The molecule has 0 aromatic heterocycles. The Kier molecular flexibility index (Phi) is 5.11. The van der Waals surface area contributed by atoms with Gasteiger partial charge in [-0.3, -0.25) is 0 Å². The fourth-order valence-electron chi connectivity index (χ4n) is 1.97. The molecule has 0 bridgehead atoms. The van der Waals surface area contributed by atoms with E-state index < -0.39 is 11.6 Å². The summed E-state index contributed by atoms with van der Waals surface area (Å²) in [7, 11) is 0. The van der Waals surface area contributed by atoms with Gasteiger partial charge in [-0.25, -0.2) is 9.59 Å². The van der Waals surface area contributed by atoms with E-state index in [1.165, 1.54) is 0 Å². The molecular formula is C13H20N2O4. The first-order valence-electron chi connectivity index (χ1n) is 6.03. The second kappa shape index (κ2) is 6.38. The third kappa shape index (κ3) is 4.10. The van der Waals surface area contributed by atoms with Crippen LogP contribution in [-0.4, -0.2) is 65.3 Å². The Labute approximate surface area is 112 Å². The molecule has 0 atom stereocenters. The second-order valence-electron chi connectivity index (χ2n) is 4.75. The standard InChI is InChI=1S/C13H20N2O4/c1-4-6-14(7-5-2)12(18)15-9-13(3,10-15)19-8-11(16)17/h4-5H,1-2,6-10H2,3H3,(H,16,17). The van der Waals surface area contributed by atoms with Crippen molar-refractivity contribution in [3.05, 3.63) is 25.3 Å². The van der Waals surface area contributed by atoms with Crippen molar-refractivity contribution in [1.29, 1.82) is 0 Å². The number of hydrogen-bond donors (Lipinski definition) is 1. The fourth-order valence-corrected chi connectivity index (χ4v) is 1.97. The van der Waals surface area contributed by atoms with Crippen LogP contribution in [0.5, 0.6) is 0 Å². The smallest absolute Gasteiger partial charge is 0.329 e. The maximum Gasteiger partial charge on any atom is 0.329 e. The maximum absolute atomic E-state index is 12.1. The van der Waals surface area contributed by atoms with Gasteiger partial charge in [0.15, 0.2) is 0 Å². The van der Waals surface area contributed by atoms with Crippen LogP contribution in [0.25, 0.3) is 0 Å². The van der Waals surface area contributed by atoms with Crippen molar-refractivity contribution in [3.8, 4) is 0 Å². The first-order valence-corrected chi connectivity index (χ1v) is 6.03. The van der Waals surface area contributed by atoms with E-state index in [9.17, 15) is 9.59 Å². The number of rotatable bonds is 7. The van der Waals surface area contributed by atoms with Crippen molar-refractivity contribution >= 4 is 12.0 Å². The number of ether oxygens (including phenoxy) is 1. The predicted octanol–water partition coefficient (Wildman–Crippen LogP) is 0.956. The molecular weight excluding hydrogens is 248 g/mol. The van der Waals surface area contributed by atoms with Crippen LogP contribution < -0.4 is 0 Å². The average Bonchev–Trinajstić information content (AvgIpc) is 2.32. The Balaban J connectivity index is 2.47. The monoisotopic (exact) mass is 268 g/mol. The number of carboxylic acid groups (broad SMARTS) is 1. The number of aliphatic carboxylic acids is 1. The molecule has 19 heavy (non-hydrogen) atoms. The average molecular weight is 268 g/mol. The summed E-state index contributed by atoms with van der Waals surface area (Å²) in [4.78, 5) is 25.8. The highest BCUT2D eigenvalue weighted by Gasteiger charge is 2.43. The van der Waals surface area contributed by atoms with Gasteiger partial charge < -0.3 is 19.6 Å². The molecule has 6 heteroatoms. The van der Waals surface area contributed by atoms with Gasteiger partial charge in [0.05, 0.1) is 13.1 Å². The summed E-state index contributed by atoms with van der Waals surface area (Å²) >= 11 is 0. The molecule has 1 fully saturated rings. The zero-order chi connectivity index (χ0) is 14.5. The van der Waals surface area contributed by atoms with Gasteiger partial charge in [-0.1, -0.05) is 12.2 Å². The number of amides is 2. The molecule has 1 aliphatic rings. The van der Waals surface area contributed by atoms with Crippen LogP contribution >= 0.6 is 0 Å². The number of carbonyl (C=O) groups excluding carboxylic acids is 1. The highest BCUT2D eigenvalue weighted by molar-refractivity contribution is 5.76. The molecule has 0 aromatic carbocycles. The number of hydrogen-bond acceptors (Lipinski definition) is 3. The lowest BCUT2D eigenvalue weighted by atomic mass is 9.97. The Hall–Kier alpha value is -1.82. The summed E-state index contributed by atoms with van der Waals surface area (Å²) in [6.45, 7) is 10.4. The van der Waals surface area contributed by atoms with E-state index in [1.807, 2.05) is 0 Å². The summed E-state index contributed by atoms with van der Waals surface area (Å²) in [6.07, 6.45) is 3.31. The van der Waals surface area contributed by atoms with Gasteiger partial charge in [0.2, 0.25) is 0 Å². The SMILES string of the molecule is C=CCN(CC=C)C(=O)N1CC(C)(OCC(=O)O)C1. The molecule has 1 N–H and O–H groups in total. The Bertz CT molecular complexity index is 365. The number of likely N-dealkylation sites (tertiary alicyclic amines) is 1. The van der Waals surface area contributed by atoms with E-state index >= 15 is 0 Å². The molecule has 1 rings (SSSR count). The fraction of sp³-hybridized carbons (Fsp3) is 0.538. The van der Waals surface area contributed by atoms with Gasteiger partial charge in [0, 0.05) is 13.1 Å². The molecule has 0 aliphatic carbocycles. The van der Waals surface area contributed by atoms with Crippen LogP contribution in [0.15, 0.2) is 25.3 Å². The number of carbonyl (C=O) groups is 2. The Morgan fingerprint density at radius 1 is 1.37 bits per heavy atom. The molecule has 1 saturated heterocycles. The molecule has 2 amide bonds. The first kappa shape index (κ1) is 15.2. The van der Waals surface area contributed by atoms with Gasteiger partial charge in [0.25, 0.3) is 0 Å². The summed E-state index contributed by atoms with van der Waals surface area (Å²) < 4.78 is 5.25. The van der Waals surface area contributed by atoms with Gasteiger partial charge in [-0.2, -0.15) is 0 Å². The van der Waals surface area contributed by atoms with E-state index in [2.05, 4.69) is 13.2 Å². The van der Waals surface area contributed by atoms with Crippen molar-refractivity contribution in [2.75, 3.05) is 32.8 Å². The van der Waals surface area contributed by atoms with Crippen molar-refractivity contribution in [2.45, 2.75) is 12.5 Å². The van der Waals surface area contributed by atoms with E-state index in [0.29, 0.717) is 26.2 Å². The van der Waals surface area contributed by atoms with E-state index in [-0.39, 0.29) is 12.6 Å². The van der Waals surface area contributed by atoms with Crippen LogP contribution in [0.1, 0.15) is 6.92 Å². The zero-order valence-corrected chi connectivity index (χ0v) is 11.2. The number of carboxylic acids is 1. The highest BCUT2D eigenvalue weighted by Crippen LogP contribution is 2.25. The quantitative estimate of drug-likeness (QED) is 0.698. The Morgan fingerprint density at radius 3 is 2.32 bits per heavy atom. The zero-order valence-electron chi connectivity index (χ0n) is 11.2. The maximum atomic E-state index is 12.1. The summed E-state index contributed by atoms with van der Waals surface area (Å²) in [5.74, 6) is -1.01. The van der Waals surface area contributed by atoms with E-state index in [0.717, 1.165) is 0 Å².